The third kappa shape index (κ3) is 2.43. The van der Waals surface area contributed by atoms with Crippen LogP contribution in [-0.2, 0) is 0 Å². The number of hydrogen-bond donors (Lipinski definition) is 2. The van der Waals surface area contributed by atoms with E-state index in [-0.39, 0.29) is 22.0 Å². The van der Waals surface area contributed by atoms with Crippen molar-refractivity contribution in [1.82, 2.24) is 4.98 Å². The summed E-state index contributed by atoms with van der Waals surface area (Å²) in [7, 11) is 7.20. The second-order valence-corrected chi connectivity index (χ2v) is 6.83. The minimum absolute atomic E-state index is 0.0490. The number of nitrogens with zero attached hydrogens (tertiary/aromatic N) is 2. The van der Waals surface area contributed by atoms with Gasteiger partial charge in [0.05, 0.1) is 15.9 Å². The highest BCUT2D eigenvalue weighted by molar-refractivity contribution is 7.16. The monoisotopic (exact) mass is 331 g/mol. The van der Waals surface area contributed by atoms with Crippen LogP contribution >= 0.6 is 11.3 Å². The van der Waals surface area contributed by atoms with E-state index in [1.54, 1.807) is 25.1 Å². The zero-order chi connectivity index (χ0) is 16.9. The number of nitrogens with one attached hydrogen (secondary N) is 1. The first-order valence-electron chi connectivity index (χ1n) is 7.01. The molecule has 7 heteroatoms. The second-order valence-electron chi connectivity index (χ2n) is 5.78. The molecule has 2 aliphatic rings. The first kappa shape index (κ1) is 15.4. The predicted octanol–water partition coefficient (Wildman–Crippen LogP) is 1.51. The van der Waals surface area contributed by atoms with E-state index in [1.165, 1.54) is 17.4 Å². The number of H-pyrrole nitrogens is 1. The summed E-state index contributed by atoms with van der Waals surface area (Å²) in [4.78, 5) is 31.3. The summed E-state index contributed by atoms with van der Waals surface area (Å²) in [6, 6.07) is 4.82. The van der Waals surface area contributed by atoms with Crippen LogP contribution in [0.1, 0.15) is 0 Å². The van der Waals surface area contributed by atoms with Crippen LogP contribution in [0.2, 0.25) is 0 Å². The lowest BCUT2D eigenvalue weighted by atomic mass is 10.2. The molecule has 3 rings (SSSR count). The van der Waals surface area contributed by atoms with Crippen LogP contribution in [0, 0.1) is 9.88 Å². The number of hydrogen-bond acceptors (Lipinski definition) is 6. The average Bonchev–Trinajstić information content (AvgIpc) is 2.49. The van der Waals surface area contributed by atoms with Gasteiger partial charge in [0.25, 0.3) is 0 Å². The third-order valence-electron chi connectivity index (χ3n) is 3.71. The number of aromatic hydroxyl groups is 1. The van der Waals surface area contributed by atoms with Gasteiger partial charge in [-0.2, -0.15) is 0 Å². The van der Waals surface area contributed by atoms with E-state index in [4.69, 9.17) is 0 Å². The van der Waals surface area contributed by atoms with Gasteiger partial charge in [-0.15, -0.1) is 11.3 Å². The molecule has 23 heavy (non-hydrogen) atoms. The maximum Gasteiger partial charge on any atom is 0.221 e. The fraction of sp³-hybridized carbons (Fsp3) is 0.250. The summed E-state index contributed by atoms with van der Waals surface area (Å²) in [5, 5.41) is 10.5. The summed E-state index contributed by atoms with van der Waals surface area (Å²) < 4.78 is 1.08. The number of benzene rings is 1. The van der Waals surface area contributed by atoms with Crippen molar-refractivity contribution >= 4 is 32.9 Å². The molecule has 0 amide bonds. The van der Waals surface area contributed by atoms with Gasteiger partial charge in [-0.05, 0) is 6.07 Å². The van der Waals surface area contributed by atoms with Gasteiger partial charge in [0, 0.05) is 46.0 Å². The Balaban J connectivity index is 2.53. The quantitative estimate of drug-likeness (QED) is 0.744. The van der Waals surface area contributed by atoms with Crippen molar-refractivity contribution in [3.63, 3.8) is 0 Å². The number of phenolic OH excluding ortho intramolecular Hbond substituents is 1. The van der Waals surface area contributed by atoms with Crippen molar-refractivity contribution < 1.29 is 5.11 Å². The fourth-order valence-electron chi connectivity index (χ4n) is 2.44. The van der Waals surface area contributed by atoms with Gasteiger partial charge in [0.1, 0.15) is 15.6 Å². The Morgan fingerprint density at radius 3 is 2.35 bits per heavy atom. The van der Waals surface area contributed by atoms with Crippen LogP contribution in [0.4, 0.5) is 11.4 Å². The molecular weight excluding hydrogens is 314 g/mol. The SMILES string of the molecule is CN(C)c1cc(O)c2[nH]c3c(=O)cc(N(C)C)c(=O)c=3sc2c1. The molecule has 1 aliphatic carbocycles. The van der Waals surface area contributed by atoms with Crippen LogP contribution in [-0.4, -0.2) is 38.3 Å². The molecule has 0 bridgehead atoms. The molecule has 2 N–H and O–H groups in total. The largest absolute Gasteiger partial charge is 0.506 e. The number of phenols is 1. The van der Waals surface area contributed by atoms with Crippen LogP contribution in [0.3, 0.4) is 0 Å². The van der Waals surface area contributed by atoms with Crippen LogP contribution < -0.4 is 20.7 Å². The Kier molecular flexibility index (Phi) is 3.52. The lowest BCUT2D eigenvalue weighted by molar-refractivity contribution is 0.480. The highest BCUT2D eigenvalue weighted by atomic mass is 32.1. The van der Waals surface area contributed by atoms with Crippen molar-refractivity contribution in [2.75, 3.05) is 38.0 Å². The molecule has 0 fully saturated rings. The van der Waals surface area contributed by atoms with E-state index >= 15 is 0 Å². The zero-order valence-corrected chi connectivity index (χ0v) is 14.1. The van der Waals surface area contributed by atoms with Gasteiger partial charge in [-0.25, -0.2) is 0 Å². The Morgan fingerprint density at radius 1 is 1.04 bits per heavy atom. The second kappa shape index (κ2) is 5.27. The third-order valence-corrected chi connectivity index (χ3v) is 4.84. The predicted molar refractivity (Wildman–Crippen MR) is 94.3 cm³/mol. The molecule has 1 heterocycles. The summed E-state index contributed by atoms with van der Waals surface area (Å²) >= 11 is 1.21. The number of aromatic amines is 1. The lowest BCUT2D eigenvalue weighted by Crippen LogP contribution is -2.23. The van der Waals surface area contributed by atoms with Gasteiger partial charge in [-0.3, -0.25) is 9.59 Å². The van der Waals surface area contributed by atoms with Gasteiger partial charge in [0.2, 0.25) is 10.9 Å². The summed E-state index contributed by atoms with van der Waals surface area (Å²) in [6.07, 6.45) is 0. The first-order chi connectivity index (χ1) is 10.8. The first-order valence-corrected chi connectivity index (χ1v) is 7.82. The molecular formula is C16H17N3O3S. The van der Waals surface area contributed by atoms with E-state index in [0.717, 1.165) is 5.69 Å². The van der Waals surface area contributed by atoms with Crippen LogP contribution in [0.15, 0.2) is 27.8 Å². The maximum absolute atomic E-state index is 12.6. The zero-order valence-electron chi connectivity index (χ0n) is 13.3. The van der Waals surface area contributed by atoms with Crippen molar-refractivity contribution in [2.45, 2.75) is 0 Å². The molecule has 0 atom stereocenters. The molecule has 0 unspecified atom stereocenters. The van der Waals surface area contributed by atoms with E-state index in [9.17, 15) is 14.7 Å². The molecule has 0 spiro atoms. The van der Waals surface area contributed by atoms with Gasteiger partial charge in [0.15, 0.2) is 0 Å². The Bertz CT molecular complexity index is 1080. The lowest BCUT2D eigenvalue weighted by Gasteiger charge is -2.14. The van der Waals surface area contributed by atoms with E-state index in [0.29, 0.717) is 20.4 Å². The van der Waals surface area contributed by atoms with Crippen molar-refractivity contribution in [3.05, 3.63) is 48.5 Å². The molecule has 0 saturated carbocycles. The molecule has 1 aromatic rings. The van der Waals surface area contributed by atoms with Crippen LogP contribution in [0.25, 0.3) is 10.2 Å². The van der Waals surface area contributed by atoms with E-state index in [1.807, 2.05) is 25.1 Å². The van der Waals surface area contributed by atoms with Gasteiger partial charge in [-0.1, -0.05) is 0 Å². The fourth-order valence-corrected chi connectivity index (χ4v) is 3.55. The smallest absolute Gasteiger partial charge is 0.221 e. The number of fused-ring (bicyclic) bond motifs is 1. The van der Waals surface area contributed by atoms with Crippen molar-refractivity contribution in [3.8, 4) is 5.75 Å². The van der Waals surface area contributed by atoms with Gasteiger partial charge < -0.3 is 19.9 Å². The minimum atomic E-state index is -0.266. The highest BCUT2D eigenvalue weighted by Gasteiger charge is 2.12. The summed E-state index contributed by atoms with van der Waals surface area (Å²) in [5.41, 5.74) is 1.18. The molecule has 0 radical (unpaired) electrons. The molecule has 120 valence electrons. The number of anilines is 2. The molecule has 1 aromatic carbocycles. The molecule has 6 nitrogen and oxygen atoms in total. The van der Waals surface area contributed by atoms with E-state index in [2.05, 4.69) is 4.98 Å². The summed E-state index contributed by atoms with van der Waals surface area (Å²) in [6.45, 7) is 0. The number of aromatic nitrogens is 1. The van der Waals surface area contributed by atoms with Crippen molar-refractivity contribution in [2.24, 2.45) is 0 Å². The average molecular weight is 331 g/mol. The Hall–Kier alpha value is -2.54. The van der Waals surface area contributed by atoms with Crippen LogP contribution in [0.5, 0.6) is 5.75 Å². The van der Waals surface area contributed by atoms with E-state index < -0.39 is 0 Å². The topological polar surface area (TPSA) is 76.6 Å². The normalized spacial score (nSPS) is 11.1. The maximum atomic E-state index is 12.6. The molecule has 1 aliphatic heterocycles. The minimum Gasteiger partial charge on any atom is -0.506 e. The van der Waals surface area contributed by atoms with Crippen molar-refractivity contribution in [1.29, 1.82) is 0 Å². The Labute approximate surface area is 135 Å². The molecule has 0 saturated heterocycles. The summed E-state index contributed by atoms with van der Waals surface area (Å²) in [5.74, 6) is 0.0490. The Morgan fingerprint density at radius 2 is 1.74 bits per heavy atom. The number of rotatable bonds is 2. The standard InChI is InChI=1S/C16H17N3O3S/c1-18(2)8-5-10(20)13-12(6-8)23-16-14(17-13)11(21)7-9(15(16)22)19(3)4/h5-7,17,20H,1-4H3. The highest BCUT2D eigenvalue weighted by Crippen LogP contribution is 2.31. The van der Waals surface area contributed by atoms with Gasteiger partial charge >= 0.3 is 0 Å². The molecule has 0 aromatic heterocycles.